The van der Waals surface area contributed by atoms with Crippen molar-refractivity contribution in [3.63, 3.8) is 0 Å². The van der Waals surface area contributed by atoms with Gasteiger partial charge in [0.15, 0.2) is 0 Å². The largest absolute Gasteiger partial charge is 0.455 e. The van der Waals surface area contributed by atoms with Crippen LogP contribution in [0.5, 0.6) is 0 Å². The lowest BCUT2D eigenvalue weighted by molar-refractivity contribution is 0.627. The van der Waals surface area contributed by atoms with Gasteiger partial charge in [-0.3, -0.25) is 0 Å². The summed E-state index contributed by atoms with van der Waals surface area (Å²) in [7, 11) is 0. The highest BCUT2D eigenvalue weighted by Crippen LogP contribution is 2.48. The van der Waals surface area contributed by atoms with Gasteiger partial charge in [-0.25, -0.2) is 8.78 Å². The fourth-order valence-electron chi connectivity index (χ4n) is 6.98. The molecule has 0 spiro atoms. The van der Waals surface area contributed by atoms with Gasteiger partial charge >= 0.3 is 0 Å². The van der Waals surface area contributed by atoms with Gasteiger partial charge in [-0.1, -0.05) is 84.9 Å². The minimum Gasteiger partial charge on any atom is -0.455 e. The third-order valence-corrected chi connectivity index (χ3v) is 9.12. The first-order chi connectivity index (χ1) is 24.1. The van der Waals surface area contributed by atoms with Crippen molar-refractivity contribution in [3.8, 4) is 0 Å². The monoisotopic (exact) mass is 638 g/mol. The molecule has 0 saturated heterocycles. The predicted octanol–water partition coefficient (Wildman–Crippen LogP) is 13.1. The summed E-state index contributed by atoms with van der Waals surface area (Å²) in [5, 5.41) is 6.01. The molecule has 0 atom stereocenters. The van der Waals surface area contributed by atoms with Gasteiger partial charge in [0.05, 0.1) is 11.4 Å². The third-order valence-electron chi connectivity index (χ3n) is 9.12. The second kappa shape index (κ2) is 11.7. The Balaban J connectivity index is 1.37. The lowest BCUT2D eigenvalue weighted by Gasteiger charge is -2.27. The molecule has 1 heterocycles. The second-order valence-electron chi connectivity index (χ2n) is 12.0. The number of hydrogen-bond acceptors (Lipinski definition) is 3. The highest BCUT2D eigenvalue weighted by Gasteiger charge is 2.24. The van der Waals surface area contributed by atoms with E-state index in [1.54, 1.807) is 12.1 Å². The summed E-state index contributed by atoms with van der Waals surface area (Å²) in [6, 6.07) is 54.3. The van der Waals surface area contributed by atoms with Crippen LogP contribution in [-0.4, -0.2) is 0 Å². The molecule has 0 bridgehead atoms. The van der Waals surface area contributed by atoms with Crippen molar-refractivity contribution < 1.29 is 13.2 Å². The smallest absolute Gasteiger partial charge is 0.143 e. The van der Waals surface area contributed by atoms with Crippen LogP contribution in [0.1, 0.15) is 0 Å². The van der Waals surface area contributed by atoms with E-state index in [0.717, 1.165) is 77.6 Å². The van der Waals surface area contributed by atoms with E-state index < -0.39 is 0 Å². The van der Waals surface area contributed by atoms with Gasteiger partial charge in [0.2, 0.25) is 0 Å². The Morgan fingerprint density at radius 2 is 0.776 bits per heavy atom. The topological polar surface area (TPSA) is 19.6 Å². The average molecular weight is 639 g/mol. The number of furan rings is 1. The van der Waals surface area contributed by atoms with Crippen molar-refractivity contribution >= 4 is 77.6 Å². The molecule has 0 fully saturated rings. The highest BCUT2D eigenvalue weighted by atomic mass is 19.1. The van der Waals surface area contributed by atoms with Crippen LogP contribution in [0.25, 0.3) is 43.5 Å². The van der Waals surface area contributed by atoms with Crippen LogP contribution in [0.4, 0.5) is 42.9 Å². The molecule has 0 amide bonds. The van der Waals surface area contributed by atoms with E-state index in [2.05, 4.69) is 58.3 Å². The zero-order valence-corrected chi connectivity index (χ0v) is 26.2. The zero-order valence-electron chi connectivity index (χ0n) is 26.2. The molecule has 0 aliphatic heterocycles. The molecule has 49 heavy (non-hydrogen) atoms. The summed E-state index contributed by atoms with van der Waals surface area (Å²) < 4.78 is 35.2. The average Bonchev–Trinajstić information content (AvgIpc) is 3.53. The molecular formula is C44H28F2N2O. The maximum absolute atomic E-state index is 14.2. The number of rotatable bonds is 6. The van der Waals surface area contributed by atoms with E-state index in [9.17, 15) is 8.78 Å². The summed E-state index contributed by atoms with van der Waals surface area (Å²) in [6.45, 7) is 0. The van der Waals surface area contributed by atoms with Crippen LogP contribution in [0.3, 0.4) is 0 Å². The fraction of sp³-hybridized carbons (Fsp3) is 0. The van der Waals surface area contributed by atoms with Gasteiger partial charge in [0, 0.05) is 55.7 Å². The SMILES string of the molecule is Fc1ccc(N(c2ccccc2)c2cc3c(oc4cc(N(c5ccccc5)c5ccc(F)cc5)c5ccccc5c43)c3ccccc23)cc1. The van der Waals surface area contributed by atoms with Gasteiger partial charge in [-0.05, 0) is 84.2 Å². The quantitative estimate of drug-likeness (QED) is 0.181. The molecule has 0 unspecified atom stereocenters. The van der Waals surface area contributed by atoms with Crippen molar-refractivity contribution in [2.75, 3.05) is 9.80 Å². The standard InChI is InChI=1S/C44H28F2N2O/c45-29-19-23-33(24-20-29)47(31-11-3-1-4-12-31)40-27-39-43-37-17-9-7-15-35(37)41(28-42(43)49-44(39)38-18-10-8-16-36(38)40)48(32-13-5-2-6-14-32)34-25-21-30(46)22-26-34/h1-28H. The lowest BCUT2D eigenvalue weighted by atomic mass is 9.98. The number of nitrogens with zero attached hydrogens (tertiary/aromatic N) is 2. The molecule has 0 aliphatic rings. The van der Waals surface area contributed by atoms with Gasteiger partial charge in [0.25, 0.3) is 0 Å². The van der Waals surface area contributed by atoms with Crippen molar-refractivity contribution in [2.24, 2.45) is 0 Å². The summed E-state index contributed by atoms with van der Waals surface area (Å²) in [6.07, 6.45) is 0. The van der Waals surface area contributed by atoms with Gasteiger partial charge in [-0.15, -0.1) is 0 Å². The molecule has 0 N–H and O–H groups in total. The number of fused-ring (bicyclic) bond motifs is 7. The molecule has 3 nitrogen and oxygen atoms in total. The minimum absolute atomic E-state index is 0.287. The normalized spacial score (nSPS) is 11.5. The molecular weight excluding hydrogens is 610 g/mol. The van der Waals surface area contributed by atoms with E-state index in [0.29, 0.717) is 0 Å². The second-order valence-corrected chi connectivity index (χ2v) is 12.0. The van der Waals surface area contributed by atoms with Crippen molar-refractivity contribution in [3.05, 3.63) is 181 Å². The first-order valence-electron chi connectivity index (χ1n) is 16.2. The molecule has 0 saturated carbocycles. The van der Waals surface area contributed by atoms with E-state index >= 15 is 0 Å². The number of para-hydroxylation sites is 2. The van der Waals surface area contributed by atoms with Crippen LogP contribution in [0, 0.1) is 11.6 Å². The summed E-state index contributed by atoms with van der Waals surface area (Å²) in [4.78, 5) is 4.31. The Morgan fingerprint density at radius 3 is 1.31 bits per heavy atom. The Labute approximate surface area is 281 Å². The van der Waals surface area contributed by atoms with Crippen LogP contribution in [0.15, 0.2) is 174 Å². The molecule has 5 heteroatoms. The number of hydrogen-bond donors (Lipinski definition) is 0. The van der Waals surface area contributed by atoms with Crippen LogP contribution >= 0.6 is 0 Å². The Bertz CT molecular complexity index is 2620. The summed E-state index contributed by atoms with van der Waals surface area (Å²) in [5.41, 5.74) is 6.97. The molecule has 234 valence electrons. The Hall–Kier alpha value is -6.46. The van der Waals surface area contributed by atoms with Crippen molar-refractivity contribution in [2.45, 2.75) is 0 Å². The number of halogens is 2. The molecule has 0 aliphatic carbocycles. The Morgan fingerprint density at radius 1 is 0.367 bits per heavy atom. The first-order valence-corrected chi connectivity index (χ1v) is 16.2. The van der Waals surface area contributed by atoms with E-state index in [4.69, 9.17) is 4.42 Å². The zero-order chi connectivity index (χ0) is 32.9. The van der Waals surface area contributed by atoms with Gasteiger partial charge in [0.1, 0.15) is 22.8 Å². The molecule has 1 aromatic heterocycles. The van der Waals surface area contributed by atoms with Gasteiger partial charge in [-0.2, -0.15) is 0 Å². The molecule has 0 radical (unpaired) electrons. The van der Waals surface area contributed by atoms with Crippen molar-refractivity contribution in [1.29, 1.82) is 0 Å². The predicted molar refractivity (Wildman–Crippen MR) is 198 cm³/mol. The van der Waals surface area contributed by atoms with Crippen LogP contribution in [0.2, 0.25) is 0 Å². The molecule has 9 rings (SSSR count). The fourth-order valence-corrected chi connectivity index (χ4v) is 6.98. The minimum atomic E-state index is -0.290. The third kappa shape index (κ3) is 4.86. The summed E-state index contributed by atoms with van der Waals surface area (Å²) in [5.74, 6) is -0.576. The molecule has 9 aromatic rings. The maximum atomic E-state index is 14.2. The van der Waals surface area contributed by atoms with Crippen LogP contribution < -0.4 is 9.80 Å². The summed E-state index contributed by atoms with van der Waals surface area (Å²) >= 11 is 0. The Kier molecular flexibility index (Phi) is 6.83. The van der Waals surface area contributed by atoms with E-state index in [1.807, 2.05) is 84.9 Å². The van der Waals surface area contributed by atoms with E-state index in [1.165, 1.54) is 24.3 Å². The van der Waals surface area contributed by atoms with Crippen molar-refractivity contribution in [1.82, 2.24) is 0 Å². The first kappa shape index (κ1) is 28.7. The maximum Gasteiger partial charge on any atom is 0.143 e. The van der Waals surface area contributed by atoms with Crippen LogP contribution in [-0.2, 0) is 0 Å². The highest BCUT2D eigenvalue weighted by molar-refractivity contribution is 6.27. The van der Waals surface area contributed by atoms with Gasteiger partial charge < -0.3 is 14.2 Å². The lowest BCUT2D eigenvalue weighted by Crippen LogP contribution is -2.10. The number of anilines is 6. The number of benzene rings is 8. The van der Waals surface area contributed by atoms with E-state index in [-0.39, 0.29) is 11.6 Å². The molecule has 8 aromatic carbocycles.